The number of nitrogens with zero attached hydrogens (tertiary/aromatic N) is 4. The maximum Gasteiger partial charge on any atom is 0.145 e. The Hall–Kier alpha value is -8.41. The van der Waals surface area contributed by atoms with Crippen molar-refractivity contribution in [1.29, 1.82) is 0 Å². The Bertz CT molecular complexity index is 3580. The Morgan fingerprint density at radius 2 is 0.855 bits per heavy atom. The Kier molecular flexibility index (Phi) is 8.42. The van der Waals surface area contributed by atoms with Gasteiger partial charge in [0.15, 0.2) is 0 Å². The van der Waals surface area contributed by atoms with Gasteiger partial charge in [0.25, 0.3) is 0 Å². The van der Waals surface area contributed by atoms with Crippen molar-refractivity contribution in [3.05, 3.63) is 231 Å². The second-order valence-electron chi connectivity index (χ2n) is 15.6. The Morgan fingerprint density at radius 3 is 1.50 bits per heavy atom. The van der Waals surface area contributed by atoms with Crippen LogP contribution in [-0.2, 0) is 0 Å². The van der Waals surface area contributed by atoms with Crippen molar-refractivity contribution in [2.24, 2.45) is 0 Å². The molecular formula is C57H38N4O. The van der Waals surface area contributed by atoms with Crippen LogP contribution in [-0.4, -0.2) is 9.55 Å². The van der Waals surface area contributed by atoms with Crippen LogP contribution in [0, 0.1) is 0 Å². The van der Waals surface area contributed by atoms with E-state index in [1.54, 1.807) is 0 Å². The minimum atomic E-state index is 0.884. The lowest BCUT2D eigenvalue weighted by Crippen LogP contribution is -2.10. The second-order valence-corrected chi connectivity index (χ2v) is 15.6. The third kappa shape index (κ3) is 6.06. The highest BCUT2D eigenvalue weighted by atomic mass is 16.3. The van der Waals surface area contributed by atoms with Gasteiger partial charge in [0.1, 0.15) is 17.0 Å². The highest BCUT2D eigenvalue weighted by molar-refractivity contribution is 6.10. The number of hydrogen-bond acceptors (Lipinski definition) is 4. The molecule has 0 aliphatic heterocycles. The molecule has 5 heteroatoms. The normalized spacial score (nSPS) is 11.5. The quantitative estimate of drug-likeness (QED) is 0.144. The Morgan fingerprint density at radius 1 is 0.355 bits per heavy atom. The van der Waals surface area contributed by atoms with Crippen molar-refractivity contribution >= 4 is 88.6 Å². The molecule has 12 rings (SSSR count). The molecule has 10 aromatic carbocycles. The van der Waals surface area contributed by atoms with Crippen LogP contribution in [0.25, 0.3) is 71.6 Å². The Labute approximate surface area is 358 Å². The summed E-state index contributed by atoms with van der Waals surface area (Å²) in [5.41, 5.74) is 12.3. The topological polar surface area (TPSA) is 37.4 Å². The van der Waals surface area contributed by atoms with E-state index in [4.69, 9.17) is 9.40 Å². The molecule has 0 aliphatic carbocycles. The van der Waals surface area contributed by atoms with Crippen LogP contribution in [0.2, 0.25) is 0 Å². The predicted molar refractivity (Wildman–Crippen MR) is 258 cm³/mol. The van der Waals surface area contributed by atoms with Gasteiger partial charge in [-0.25, -0.2) is 4.98 Å². The maximum absolute atomic E-state index is 6.20. The summed E-state index contributed by atoms with van der Waals surface area (Å²) < 4.78 is 8.47. The molecule has 0 aliphatic rings. The maximum atomic E-state index is 6.20. The molecule has 2 aromatic heterocycles. The van der Waals surface area contributed by atoms with Crippen molar-refractivity contribution in [3.8, 4) is 17.1 Å². The van der Waals surface area contributed by atoms with Crippen LogP contribution >= 0.6 is 0 Å². The van der Waals surface area contributed by atoms with E-state index in [2.05, 4.69) is 227 Å². The molecule has 0 amide bonds. The Balaban J connectivity index is 0.968. The molecular weight excluding hydrogens is 757 g/mol. The zero-order valence-corrected chi connectivity index (χ0v) is 33.6. The van der Waals surface area contributed by atoms with Crippen molar-refractivity contribution in [3.63, 3.8) is 0 Å². The van der Waals surface area contributed by atoms with E-state index in [-0.39, 0.29) is 0 Å². The van der Waals surface area contributed by atoms with Crippen LogP contribution in [0.1, 0.15) is 0 Å². The summed E-state index contributed by atoms with van der Waals surface area (Å²) in [4.78, 5) is 9.85. The lowest BCUT2D eigenvalue weighted by molar-refractivity contribution is 0.669. The summed E-state index contributed by atoms with van der Waals surface area (Å²) >= 11 is 0. The van der Waals surface area contributed by atoms with Crippen molar-refractivity contribution < 1.29 is 4.42 Å². The summed E-state index contributed by atoms with van der Waals surface area (Å²) in [5.74, 6) is 0.912. The first-order valence-electron chi connectivity index (χ1n) is 21.0. The minimum absolute atomic E-state index is 0.884. The number of aromatic nitrogens is 2. The largest absolute Gasteiger partial charge is 0.456 e. The standard InChI is InChI=1S/C57H38N4O/c1-5-15-39(16-6-1)57-58-53-33-29-48(38-54(53)61(57)44-21-11-4-12-22-44)60(43-19-9-3-10-20-43)46-28-32-50-41(36-46)26-25-40-35-45(27-31-49(40)50)59(42-17-7-2-8-18-42)47-30-34-56-52(37-47)51-23-13-14-24-55(51)62-56/h1-38H. The molecule has 12 aromatic rings. The van der Waals surface area contributed by atoms with Crippen LogP contribution in [0.4, 0.5) is 34.1 Å². The van der Waals surface area contributed by atoms with Gasteiger partial charge in [-0.15, -0.1) is 0 Å². The fourth-order valence-electron chi connectivity index (χ4n) is 9.05. The van der Waals surface area contributed by atoms with Gasteiger partial charge in [-0.2, -0.15) is 0 Å². The van der Waals surface area contributed by atoms with Gasteiger partial charge in [0, 0.05) is 56.1 Å². The number of anilines is 6. The van der Waals surface area contributed by atoms with E-state index in [1.165, 1.54) is 21.5 Å². The molecule has 0 saturated heterocycles. The molecule has 0 saturated carbocycles. The van der Waals surface area contributed by atoms with Crippen LogP contribution in [0.5, 0.6) is 0 Å². The van der Waals surface area contributed by atoms with E-state index in [0.29, 0.717) is 0 Å². The molecule has 2 heterocycles. The molecule has 5 nitrogen and oxygen atoms in total. The highest BCUT2D eigenvalue weighted by Gasteiger charge is 2.20. The number of imidazole rings is 1. The summed E-state index contributed by atoms with van der Waals surface area (Å²) in [6.45, 7) is 0. The molecule has 62 heavy (non-hydrogen) atoms. The van der Waals surface area contributed by atoms with E-state index in [9.17, 15) is 0 Å². The fourth-order valence-corrected chi connectivity index (χ4v) is 9.05. The number of furan rings is 1. The summed E-state index contributed by atoms with van der Waals surface area (Å²) in [6.07, 6.45) is 0. The smallest absolute Gasteiger partial charge is 0.145 e. The van der Waals surface area contributed by atoms with Crippen molar-refractivity contribution in [2.45, 2.75) is 0 Å². The van der Waals surface area contributed by atoms with Gasteiger partial charge in [-0.05, 0) is 125 Å². The second kappa shape index (κ2) is 14.7. The van der Waals surface area contributed by atoms with Crippen molar-refractivity contribution in [1.82, 2.24) is 9.55 Å². The predicted octanol–water partition coefficient (Wildman–Crippen LogP) is 15.8. The van der Waals surface area contributed by atoms with E-state index in [0.717, 1.165) is 84.2 Å². The lowest BCUT2D eigenvalue weighted by Gasteiger charge is -2.27. The average molecular weight is 795 g/mol. The van der Waals surface area contributed by atoms with Gasteiger partial charge in [-0.1, -0.05) is 127 Å². The summed E-state index contributed by atoms with van der Waals surface area (Å²) in [6, 6.07) is 81.6. The molecule has 0 N–H and O–H groups in total. The van der Waals surface area contributed by atoms with Crippen LogP contribution < -0.4 is 9.80 Å². The van der Waals surface area contributed by atoms with Gasteiger partial charge in [0.05, 0.1) is 11.0 Å². The molecule has 0 radical (unpaired) electrons. The highest BCUT2D eigenvalue weighted by Crippen LogP contribution is 2.43. The van der Waals surface area contributed by atoms with Crippen molar-refractivity contribution in [2.75, 3.05) is 9.80 Å². The summed E-state index contributed by atoms with van der Waals surface area (Å²) in [5, 5.41) is 6.97. The monoisotopic (exact) mass is 794 g/mol. The SMILES string of the molecule is c1ccc(-c2nc3ccc(N(c4ccccc4)c4ccc5c(ccc6cc(N(c7ccccc7)c7ccc8oc9ccccc9c8c7)ccc65)c4)cc3n2-c2ccccc2)cc1. The fraction of sp³-hybridized carbons (Fsp3) is 0. The molecule has 0 fully saturated rings. The first-order valence-corrected chi connectivity index (χ1v) is 21.0. The number of hydrogen-bond donors (Lipinski definition) is 0. The zero-order chi connectivity index (χ0) is 41.0. The van der Waals surface area contributed by atoms with Gasteiger partial charge in [-0.3, -0.25) is 4.57 Å². The van der Waals surface area contributed by atoms with Crippen LogP contribution in [0.15, 0.2) is 235 Å². The number of para-hydroxylation sites is 4. The zero-order valence-electron chi connectivity index (χ0n) is 33.6. The molecule has 292 valence electrons. The van der Waals surface area contributed by atoms with Gasteiger partial charge < -0.3 is 14.2 Å². The minimum Gasteiger partial charge on any atom is -0.456 e. The third-order valence-corrected chi connectivity index (χ3v) is 11.9. The third-order valence-electron chi connectivity index (χ3n) is 11.9. The molecule has 0 spiro atoms. The van der Waals surface area contributed by atoms with E-state index >= 15 is 0 Å². The van der Waals surface area contributed by atoms with E-state index in [1.807, 2.05) is 18.2 Å². The number of fused-ring (bicyclic) bond motifs is 7. The van der Waals surface area contributed by atoms with Crippen LogP contribution in [0.3, 0.4) is 0 Å². The molecule has 0 bridgehead atoms. The lowest BCUT2D eigenvalue weighted by atomic mass is 10.00. The average Bonchev–Trinajstić information content (AvgIpc) is 3.91. The van der Waals surface area contributed by atoms with Gasteiger partial charge >= 0.3 is 0 Å². The van der Waals surface area contributed by atoms with Gasteiger partial charge in [0.2, 0.25) is 0 Å². The van der Waals surface area contributed by atoms with E-state index < -0.39 is 0 Å². The number of benzene rings is 10. The number of rotatable bonds is 8. The molecule has 0 unspecified atom stereocenters. The first kappa shape index (κ1) is 35.5. The summed E-state index contributed by atoms with van der Waals surface area (Å²) in [7, 11) is 0. The molecule has 0 atom stereocenters. The first-order chi connectivity index (χ1) is 30.7.